The number of rotatable bonds is 2. The Morgan fingerprint density at radius 2 is 2.14 bits per heavy atom. The molecule has 14 heavy (non-hydrogen) atoms. The van der Waals surface area contributed by atoms with Crippen molar-refractivity contribution in [2.24, 2.45) is 11.8 Å². The van der Waals surface area contributed by atoms with Gasteiger partial charge in [-0.25, -0.2) is 0 Å². The van der Waals surface area contributed by atoms with Crippen LogP contribution in [-0.2, 0) is 4.79 Å². The predicted octanol–water partition coefficient (Wildman–Crippen LogP) is 2.20. The highest BCUT2D eigenvalue weighted by molar-refractivity contribution is 7.81. The van der Waals surface area contributed by atoms with Gasteiger partial charge in [0.15, 0.2) is 0 Å². The van der Waals surface area contributed by atoms with Gasteiger partial charge in [0.1, 0.15) is 0 Å². The molecule has 2 nitrogen and oxygen atoms in total. The molecule has 1 aliphatic heterocycles. The average molecular weight is 215 g/mol. The van der Waals surface area contributed by atoms with Crippen molar-refractivity contribution in [2.75, 3.05) is 13.1 Å². The van der Waals surface area contributed by atoms with Crippen molar-refractivity contribution in [3.63, 3.8) is 0 Å². The lowest BCUT2D eigenvalue weighted by atomic mass is 9.99. The minimum absolute atomic E-state index is 0.125. The van der Waals surface area contributed by atoms with E-state index in [0.717, 1.165) is 19.5 Å². The van der Waals surface area contributed by atoms with Gasteiger partial charge in [-0.05, 0) is 24.7 Å². The molecule has 1 amide bonds. The number of piperidine rings is 1. The summed E-state index contributed by atoms with van der Waals surface area (Å²) in [5, 5.41) is -0.125. The van der Waals surface area contributed by atoms with Crippen molar-refractivity contribution in [3.05, 3.63) is 0 Å². The molecule has 1 rings (SSSR count). The van der Waals surface area contributed by atoms with E-state index in [4.69, 9.17) is 0 Å². The van der Waals surface area contributed by atoms with E-state index >= 15 is 0 Å². The fraction of sp³-hybridized carbons (Fsp3) is 0.909. The molecule has 0 aromatic rings. The van der Waals surface area contributed by atoms with Crippen LogP contribution in [0.1, 0.15) is 33.6 Å². The third kappa shape index (κ3) is 2.91. The maximum absolute atomic E-state index is 11.9. The van der Waals surface area contributed by atoms with Gasteiger partial charge in [0.05, 0.1) is 5.25 Å². The van der Waals surface area contributed by atoms with Gasteiger partial charge in [0.25, 0.3) is 0 Å². The van der Waals surface area contributed by atoms with Crippen LogP contribution in [-0.4, -0.2) is 29.1 Å². The van der Waals surface area contributed by atoms with Gasteiger partial charge in [0, 0.05) is 13.1 Å². The Hall–Kier alpha value is -0.180. The Labute approximate surface area is 92.5 Å². The predicted molar refractivity (Wildman–Crippen MR) is 62.6 cm³/mol. The first-order valence-electron chi connectivity index (χ1n) is 5.49. The Morgan fingerprint density at radius 3 is 2.64 bits per heavy atom. The van der Waals surface area contributed by atoms with Crippen molar-refractivity contribution < 1.29 is 4.79 Å². The van der Waals surface area contributed by atoms with Crippen LogP contribution in [0.15, 0.2) is 0 Å². The number of amides is 1. The van der Waals surface area contributed by atoms with E-state index in [1.54, 1.807) is 0 Å². The summed E-state index contributed by atoms with van der Waals surface area (Å²) in [7, 11) is 0. The van der Waals surface area contributed by atoms with Crippen LogP contribution in [0, 0.1) is 11.8 Å². The third-order valence-electron chi connectivity index (χ3n) is 2.85. The number of hydrogen-bond donors (Lipinski definition) is 1. The van der Waals surface area contributed by atoms with Gasteiger partial charge in [-0.2, -0.15) is 12.6 Å². The molecule has 0 bridgehead atoms. The number of carbonyl (C=O) groups is 1. The van der Waals surface area contributed by atoms with E-state index in [0.29, 0.717) is 11.8 Å². The summed E-state index contributed by atoms with van der Waals surface area (Å²) in [6.07, 6.45) is 2.40. The summed E-state index contributed by atoms with van der Waals surface area (Å²) in [4.78, 5) is 13.9. The Balaban J connectivity index is 2.51. The number of carbonyl (C=O) groups excluding carboxylic acids is 1. The fourth-order valence-corrected chi connectivity index (χ4v) is 2.03. The maximum Gasteiger partial charge on any atom is 0.235 e. The van der Waals surface area contributed by atoms with E-state index in [2.05, 4.69) is 19.6 Å². The Bertz CT molecular complexity index is 205. The van der Waals surface area contributed by atoms with Crippen LogP contribution in [0.25, 0.3) is 0 Å². The number of thiol groups is 1. The van der Waals surface area contributed by atoms with Crippen molar-refractivity contribution in [3.8, 4) is 0 Å². The molecule has 0 radical (unpaired) electrons. The van der Waals surface area contributed by atoms with Gasteiger partial charge < -0.3 is 4.90 Å². The highest BCUT2D eigenvalue weighted by atomic mass is 32.1. The molecule has 2 unspecified atom stereocenters. The van der Waals surface area contributed by atoms with E-state index < -0.39 is 0 Å². The van der Waals surface area contributed by atoms with Crippen molar-refractivity contribution in [1.29, 1.82) is 0 Å². The molecule has 0 spiro atoms. The van der Waals surface area contributed by atoms with Gasteiger partial charge in [0.2, 0.25) is 5.91 Å². The average Bonchev–Trinajstić information content (AvgIpc) is 2.15. The highest BCUT2D eigenvalue weighted by Gasteiger charge is 2.26. The zero-order valence-electron chi connectivity index (χ0n) is 9.36. The molecule has 1 heterocycles. The molecular formula is C11H21NOS. The first kappa shape index (κ1) is 11.9. The van der Waals surface area contributed by atoms with Gasteiger partial charge in [-0.1, -0.05) is 20.8 Å². The third-order valence-corrected chi connectivity index (χ3v) is 3.67. The second-order valence-electron chi connectivity index (χ2n) is 4.72. The van der Waals surface area contributed by atoms with Crippen LogP contribution in [0.5, 0.6) is 0 Å². The largest absolute Gasteiger partial charge is 0.341 e. The van der Waals surface area contributed by atoms with E-state index in [-0.39, 0.29) is 11.2 Å². The molecule has 1 aliphatic rings. The summed E-state index contributed by atoms with van der Waals surface area (Å²) >= 11 is 4.37. The Morgan fingerprint density at radius 1 is 1.50 bits per heavy atom. The highest BCUT2D eigenvalue weighted by Crippen LogP contribution is 2.19. The lowest BCUT2D eigenvalue weighted by molar-refractivity contribution is -0.132. The smallest absolute Gasteiger partial charge is 0.235 e. The topological polar surface area (TPSA) is 20.3 Å². The summed E-state index contributed by atoms with van der Waals surface area (Å²) in [6, 6.07) is 0. The first-order chi connectivity index (χ1) is 6.52. The van der Waals surface area contributed by atoms with E-state index in [1.165, 1.54) is 6.42 Å². The first-order valence-corrected chi connectivity index (χ1v) is 6.01. The molecule has 1 saturated heterocycles. The lowest BCUT2D eigenvalue weighted by Gasteiger charge is -2.33. The summed E-state index contributed by atoms with van der Waals surface area (Å²) in [5.41, 5.74) is 0. The Kier molecular flexibility index (Phi) is 4.30. The second kappa shape index (κ2) is 5.06. The monoisotopic (exact) mass is 215 g/mol. The molecule has 82 valence electrons. The zero-order chi connectivity index (χ0) is 10.7. The van der Waals surface area contributed by atoms with Crippen LogP contribution in [0.3, 0.4) is 0 Å². The van der Waals surface area contributed by atoms with Crippen molar-refractivity contribution in [1.82, 2.24) is 4.90 Å². The number of likely N-dealkylation sites (tertiary alicyclic amines) is 1. The number of nitrogens with zero attached hydrogens (tertiary/aromatic N) is 1. The van der Waals surface area contributed by atoms with Gasteiger partial charge in [-0.15, -0.1) is 0 Å². The van der Waals surface area contributed by atoms with E-state index in [1.807, 2.05) is 18.7 Å². The molecule has 1 fully saturated rings. The maximum atomic E-state index is 11.9. The summed E-state index contributed by atoms with van der Waals surface area (Å²) in [5.74, 6) is 1.19. The minimum Gasteiger partial charge on any atom is -0.341 e. The van der Waals surface area contributed by atoms with Gasteiger partial charge >= 0.3 is 0 Å². The lowest BCUT2D eigenvalue weighted by Crippen LogP contribution is -2.44. The van der Waals surface area contributed by atoms with Crippen LogP contribution in [0.2, 0.25) is 0 Å². The minimum atomic E-state index is -0.125. The quantitative estimate of drug-likeness (QED) is 0.700. The van der Waals surface area contributed by atoms with Crippen LogP contribution < -0.4 is 0 Å². The molecule has 2 atom stereocenters. The van der Waals surface area contributed by atoms with Crippen LogP contribution >= 0.6 is 12.6 Å². The molecular weight excluding hydrogens is 194 g/mol. The molecule has 0 aromatic carbocycles. The fourth-order valence-electron chi connectivity index (χ4n) is 1.86. The van der Waals surface area contributed by atoms with Crippen LogP contribution in [0.4, 0.5) is 0 Å². The normalized spacial score (nSPS) is 25.2. The number of hydrogen-bond acceptors (Lipinski definition) is 2. The molecule has 0 N–H and O–H groups in total. The standard InChI is InChI=1S/C11H21NOS/c1-8(2)10(14)11(13)12-6-4-5-9(3)7-12/h8-10,14H,4-7H2,1-3H3. The molecule has 0 saturated carbocycles. The van der Waals surface area contributed by atoms with Crippen molar-refractivity contribution >= 4 is 18.5 Å². The SMILES string of the molecule is CC1CCCN(C(=O)C(S)C(C)C)C1. The second-order valence-corrected chi connectivity index (χ2v) is 5.28. The zero-order valence-corrected chi connectivity index (χ0v) is 10.3. The summed E-state index contributed by atoms with van der Waals surface area (Å²) < 4.78 is 0. The van der Waals surface area contributed by atoms with E-state index in [9.17, 15) is 4.79 Å². The van der Waals surface area contributed by atoms with Gasteiger partial charge in [-0.3, -0.25) is 4.79 Å². The summed E-state index contributed by atoms with van der Waals surface area (Å²) in [6.45, 7) is 8.14. The molecule has 0 aromatic heterocycles. The van der Waals surface area contributed by atoms with Crippen molar-refractivity contribution in [2.45, 2.75) is 38.9 Å². The molecule has 3 heteroatoms. The molecule has 0 aliphatic carbocycles.